The van der Waals surface area contributed by atoms with E-state index in [1.165, 1.54) is 17.4 Å². The van der Waals surface area contributed by atoms with Crippen LogP contribution < -0.4 is 10.6 Å². The van der Waals surface area contributed by atoms with Crippen LogP contribution in [-0.2, 0) is 6.54 Å². The summed E-state index contributed by atoms with van der Waals surface area (Å²) in [5.74, 6) is -0.310. The Balaban J connectivity index is 2.17. The zero-order valence-electron chi connectivity index (χ0n) is 9.28. The average Bonchev–Trinajstić information content (AvgIpc) is 2.63. The van der Waals surface area contributed by atoms with Gasteiger partial charge in [0.15, 0.2) is 0 Å². The van der Waals surface area contributed by atoms with E-state index in [-0.39, 0.29) is 5.82 Å². The minimum atomic E-state index is -0.310. The first-order valence-electron chi connectivity index (χ1n) is 5.06. The zero-order valence-corrected chi connectivity index (χ0v) is 10.9. The van der Waals surface area contributed by atoms with Gasteiger partial charge in [-0.15, -0.1) is 11.3 Å². The highest BCUT2D eigenvalue weighted by Gasteiger charge is 2.09. The Morgan fingerprint density at radius 1 is 1.35 bits per heavy atom. The van der Waals surface area contributed by atoms with E-state index in [1.807, 2.05) is 24.1 Å². The molecular formula is C12H12ClFN2S. The van der Waals surface area contributed by atoms with Gasteiger partial charge in [-0.3, -0.25) is 0 Å². The minimum absolute atomic E-state index is 0.310. The number of anilines is 2. The lowest BCUT2D eigenvalue weighted by Gasteiger charge is -2.19. The van der Waals surface area contributed by atoms with Crippen LogP contribution in [0.25, 0.3) is 0 Å². The number of nitrogen functional groups attached to an aromatic ring is 1. The molecule has 0 spiro atoms. The first-order valence-corrected chi connectivity index (χ1v) is 6.26. The van der Waals surface area contributed by atoms with Gasteiger partial charge in [0.1, 0.15) is 5.82 Å². The first kappa shape index (κ1) is 12.2. The molecule has 17 heavy (non-hydrogen) atoms. The van der Waals surface area contributed by atoms with Crippen molar-refractivity contribution in [3.8, 4) is 0 Å². The van der Waals surface area contributed by atoms with Crippen molar-refractivity contribution >= 4 is 34.3 Å². The summed E-state index contributed by atoms with van der Waals surface area (Å²) in [5, 5.41) is 0. The van der Waals surface area contributed by atoms with E-state index in [0.717, 1.165) is 9.21 Å². The summed E-state index contributed by atoms with van der Waals surface area (Å²) < 4.78 is 14.4. The second-order valence-corrected chi connectivity index (χ2v) is 5.57. The number of rotatable bonds is 3. The molecule has 0 bridgehead atoms. The van der Waals surface area contributed by atoms with Crippen LogP contribution in [0.2, 0.25) is 4.34 Å². The number of hydrogen-bond donors (Lipinski definition) is 1. The SMILES string of the molecule is CN(Cc1ccc(Cl)s1)c1ccc(N)cc1F. The molecule has 0 unspecified atom stereocenters. The Labute approximate surface area is 108 Å². The van der Waals surface area contributed by atoms with Gasteiger partial charge in [-0.05, 0) is 30.3 Å². The van der Waals surface area contributed by atoms with Gasteiger partial charge in [-0.25, -0.2) is 4.39 Å². The lowest BCUT2D eigenvalue weighted by atomic mass is 10.2. The van der Waals surface area contributed by atoms with E-state index < -0.39 is 0 Å². The Morgan fingerprint density at radius 3 is 2.71 bits per heavy atom. The normalized spacial score (nSPS) is 10.5. The van der Waals surface area contributed by atoms with E-state index in [9.17, 15) is 4.39 Å². The maximum absolute atomic E-state index is 13.7. The maximum atomic E-state index is 13.7. The highest BCUT2D eigenvalue weighted by molar-refractivity contribution is 7.16. The first-order chi connectivity index (χ1) is 8.06. The molecule has 2 aromatic rings. The fourth-order valence-corrected chi connectivity index (χ4v) is 2.73. The van der Waals surface area contributed by atoms with Crippen LogP contribution >= 0.6 is 22.9 Å². The van der Waals surface area contributed by atoms with Crippen molar-refractivity contribution < 1.29 is 4.39 Å². The molecule has 1 heterocycles. The van der Waals surface area contributed by atoms with E-state index in [4.69, 9.17) is 17.3 Å². The maximum Gasteiger partial charge on any atom is 0.148 e. The van der Waals surface area contributed by atoms with E-state index >= 15 is 0 Å². The van der Waals surface area contributed by atoms with Crippen LogP contribution in [0.5, 0.6) is 0 Å². The van der Waals surface area contributed by atoms with Gasteiger partial charge >= 0.3 is 0 Å². The minimum Gasteiger partial charge on any atom is -0.399 e. The molecule has 2 N–H and O–H groups in total. The van der Waals surface area contributed by atoms with E-state index in [1.54, 1.807) is 12.1 Å². The molecule has 2 nitrogen and oxygen atoms in total. The van der Waals surface area contributed by atoms with Gasteiger partial charge < -0.3 is 10.6 Å². The molecule has 5 heteroatoms. The molecule has 1 aromatic carbocycles. The van der Waals surface area contributed by atoms with Crippen molar-refractivity contribution in [2.75, 3.05) is 17.7 Å². The summed E-state index contributed by atoms with van der Waals surface area (Å²) in [4.78, 5) is 2.92. The third kappa shape index (κ3) is 2.90. The molecule has 0 fully saturated rings. The summed E-state index contributed by atoms with van der Waals surface area (Å²) in [6.07, 6.45) is 0. The van der Waals surface area contributed by atoms with Crippen molar-refractivity contribution in [3.05, 3.63) is 45.4 Å². The van der Waals surface area contributed by atoms with Crippen molar-refractivity contribution in [3.63, 3.8) is 0 Å². The van der Waals surface area contributed by atoms with E-state index in [2.05, 4.69) is 0 Å². The van der Waals surface area contributed by atoms with Crippen molar-refractivity contribution in [2.45, 2.75) is 6.54 Å². The predicted molar refractivity (Wildman–Crippen MR) is 72.2 cm³/mol. The molecule has 2 rings (SSSR count). The Kier molecular flexibility index (Phi) is 3.54. The van der Waals surface area contributed by atoms with Gasteiger partial charge in [0.2, 0.25) is 0 Å². The third-order valence-corrected chi connectivity index (χ3v) is 3.62. The molecular weight excluding hydrogens is 259 g/mol. The van der Waals surface area contributed by atoms with Crippen LogP contribution in [0.4, 0.5) is 15.8 Å². The third-order valence-electron chi connectivity index (χ3n) is 2.40. The highest BCUT2D eigenvalue weighted by atomic mass is 35.5. The molecule has 0 radical (unpaired) electrons. The van der Waals surface area contributed by atoms with Crippen LogP contribution in [-0.4, -0.2) is 7.05 Å². The van der Waals surface area contributed by atoms with Gasteiger partial charge in [0.05, 0.1) is 16.6 Å². The van der Waals surface area contributed by atoms with Crippen LogP contribution in [0, 0.1) is 5.82 Å². The number of benzene rings is 1. The van der Waals surface area contributed by atoms with Gasteiger partial charge in [0.25, 0.3) is 0 Å². The van der Waals surface area contributed by atoms with Gasteiger partial charge in [-0.2, -0.15) is 0 Å². The quantitative estimate of drug-likeness (QED) is 0.861. The molecule has 0 atom stereocenters. The standard InChI is InChI=1S/C12H12ClFN2S/c1-16(7-9-3-5-12(13)17-9)11-4-2-8(15)6-10(11)14/h2-6H,7,15H2,1H3. The summed E-state index contributed by atoms with van der Waals surface area (Å²) in [7, 11) is 1.84. The average molecular weight is 271 g/mol. The largest absolute Gasteiger partial charge is 0.399 e. The zero-order chi connectivity index (χ0) is 12.4. The summed E-state index contributed by atoms with van der Waals surface area (Å²) in [5.41, 5.74) is 6.47. The second kappa shape index (κ2) is 4.94. The second-order valence-electron chi connectivity index (χ2n) is 3.77. The van der Waals surface area contributed by atoms with E-state index in [0.29, 0.717) is 17.9 Å². The Bertz CT molecular complexity index is 527. The number of nitrogens with two attached hydrogens (primary N) is 1. The number of thiophene rings is 1. The summed E-state index contributed by atoms with van der Waals surface area (Å²) >= 11 is 7.35. The Hall–Kier alpha value is -1.26. The fourth-order valence-electron chi connectivity index (χ4n) is 1.59. The van der Waals surface area contributed by atoms with Crippen LogP contribution in [0.15, 0.2) is 30.3 Å². The number of nitrogens with zero attached hydrogens (tertiary/aromatic N) is 1. The van der Waals surface area contributed by atoms with Gasteiger partial charge in [0, 0.05) is 17.6 Å². The van der Waals surface area contributed by atoms with Crippen molar-refractivity contribution in [1.82, 2.24) is 0 Å². The fraction of sp³-hybridized carbons (Fsp3) is 0.167. The smallest absolute Gasteiger partial charge is 0.148 e. The Morgan fingerprint density at radius 2 is 2.12 bits per heavy atom. The molecule has 0 amide bonds. The predicted octanol–water partition coefficient (Wildman–Crippen LogP) is 3.76. The molecule has 0 saturated carbocycles. The summed E-state index contributed by atoms with van der Waals surface area (Å²) in [6, 6.07) is 8.48. The molecule has 1 aromatic heterocycles. The van der Waals surface area contributed by atoms with Crippen LogP contribution in [0.1, 0.15) is 4.88 Å². The molecule has 90 valence electrons. The molecule has 0 aliphatic carbocycles. The topological polar surface area (TPSA) is 29.3 Å². The molecule has 0 saturated heterocycles. The van der Waals surface area contributed by atoms with Crippen LogP contribution in [0.3, 0.4) is 0 Å². The van der Waals surface area contributed by atoms with Crippen molar-refractivity contribution in [1.29, 1.82) is 0 Å². The summed E-state index contributed by atoms with van der Waals surface area (Å²) in [6.45, 7) is 0.623. The monoisotopic (exact) mass is 270 g/mol. The lowest BCUT2D eigenvalue weighted by molar-refractivity contribution is 0.623. The number of hydrogen-bond acceptors (Lipinski definition) is 3. The number of halogens is 2. The molecule has 0 aliphatic rings. The lowest BCUT2D eigenvalue weighted by Crippen LogP contribution is -2.17. The van der Waals surface area contributed by atoms with Crippen molar-refractivity contribution in [2.24, 2.45) is 0 Å². The highest BCUT2D eigenvalue weighted by Crippen LogP contribution is 2.26. The molecule has 0 aliphatic heterocycles. The van der Waals surface area contributed by atoms with Gasteiger partial charge in [-0.1, -0.05) is 11.6 Å².